The molecule has 1 N–H and O–H groups in total. The van der Waals surface area contributed by atoms with Crippen molar-refractivity contribution in [3.05, 3.63) is 106 Å². The molecule has 3 aliphatic rings. The van der Waals surface area contributed by atoms with Crippen molar-refractivity contribution in [3.8, 4) is 11.1 Å². The number of hydrogen-bond acceptors (Lipinski definition) is 12. The number of nitrogens with zero attached hydrogens (tertiary/aromatic N) is 5. The van der Waals surface area contributed by atoms with Crippen LogP contribution in [-0.2, 0) is 30.9 Å². The van der Waals surface area contributed by atoms with Gasteiger partial charge in [-0.3, -0.25) is 9.69 Å². The van der Waals surface area contributed by atoms with E-state index < -0.39 is 15.9 Å². The van der Waals surface area contributed by atoms with Crippen LogP contribution in [0.2, 0.25) is 0 Å². The van der Waals surface area contributed by atoms with Crippen molar-refractivity contribution in [1.29, 1.82) is 0 Å². The number of rotatable bonds is 20. The number of aromatic nitrogens is 1. The van der Waals surface area contributed by atoms with E-state index in [1.165, 1.54) is 5.03 Å². The molecule has 1 amide bonds. The number of aryl methyl sites for hydroxylation is 1. The monoisotopic (exact) mass is 941 g/mol. The van der Waals surface area contributed by atoms with Gasteiger partial charge in [0, 0.05) is 61.5 Å². The van der Waals surface area contributed by atoms with Crippen molar-refractivity contribution in [3.63, 3.8) is 0 Å². The number of likely N-dealkylation sites (N-methyl/N-ethyl adjacent to an activating group) is 1. The molecule has 0 spiro atoms. The highest BCUT2D eigenvalue weighted by Crippen LogP contribution is 2.48. The number of anilines is 1. The predicted molar refractivity (Wildman–Crippen MR) is 261 cm³/mol. The minimum absolute atomic E-state index is 0.0502. The topological polar surface area (TPSA) is 121 Å². The zero-order valence-electron chi connectivity index (χ0n) is 36.4. The summed E-state index contributed by atoms with van der Waals surface area (Å²) in [6.45, 7) is 9.40. The van der Waals surface area contributed by atoms with E-state index in [-0.39, 0.29) is 12.3 Å². The van der Waals surface area contributed by atoms with Crippen LogP contribution in [0.5, 0.6) is 0 Å². The molecule has 2 saturated heterocycles. The Hall–Kier alpha value is -4.26. The highest BCUT2D eigenvalue weighted by atomic mass is 32.2. The second-order valence-electron chi connectivity index (χ2n) is 16.1. The summed E-state index contributed by atoms with van der Waals surface area (Å²) >= 11 is 5.25. The fourth-order valence-corrected chi connectivity index (χ4v) is 12.0. The molecule has 12 nitrogen and oxygen atoms in total. The Morgan fingerprint density at radius 2 is 1.67 bits per heavy atom. The summed E-state index contributed by atoms with van der Waals surface area (Å²) in [4.78, 5) is 20.8. The van der Waals surface area contributed by atoms with Crippen LogP contribution in [0.25, 0.3) is 38.2 Å². The minimum Gasteiger partial charge on any atom is -0.748 e. The molecule has 0 radical (unpaired) electrons. The smallest absolute Gasteiger partial charge is 0.265 e. The first kappa shape index (κ1) is 46.3. The molecule has 1 aromatic heterocycles. The Morgan fingerprint density at radius 1 is 0.875 bits per heavy atom. The number of carbonyl (C=O) groups is 1. The zero-order chi connectivity index (χ0) is 44.3. The molecule has 0 bridgehead atoms. The van der Waals surface area contributed by atoms with Crippen LogP contribution in [0.3, 0.4) is 0 Å². The number of amides is 1. The van der Waals surface area contributed by atoms with E-state index in [0.717, 1.165) is 104 Å². The third-order valence-electron chi connectivity index (χ3n) is 11.6. The van der Waals surface area contributed by atoms with Crippen LogP contribution in [0.4, 0.5) is 5.69 Å². The Bertz CT molecular complexity index is 2610. The fourth-order valence-electron chi connectivity index (χ4n) is 8.19. The molecule has 4 aromatic carbocycles. The van der Waals surface area contributed by atoms with Crippen molar-refractivity contribution in [1.82, 2.24) is 15.1 Å². The molecule has 2 fully saturated rings. The van der Waals surface area contributed by atoms with Gasteiger partial charge >= 0.3 is 0 Å². The molecule has 8 rings (SSSR count). The lowest BCUT2D eigenvalue weighted by atomic mass is 10.0. The van der Waals surface area contributed by atoms with E-state index >= 15 is 0 Å². The van der Waals surface area contributed by atoms with Gasteiger partial charge < -0.3 is 29.1 Å². The van der Waals surface area contributed by atoms with Gasteiger partial charge in [-0.1, -0.05) is 83.8 Å². The van der Waals surface area contributed by atoms with E-state index in [1.807, 2.05) is 42.1 Å². The van der Waals surface area contributed by atoms with E-state index in [2.05, 4.69) is 109 Å². The van der Waals surface area contributed by atoms with Crippen molar-refractivity contribution in [2.75, 3.05) is 102 Å². The summed E-state index contributed by atoms with van der Waals surface area (Å²) in [5.74, 6) is 0.718. The molecule has 0 atom stereocenters. The Balaban J connectivity index is 0.847. The lowest BCUT2D eigenvalue weighted by Crippen LogP contribution is -2.39. The molecular weight excluding hydrogens is 885 g/mol. The van der Waals surface area contributed by atoms with Gasteiger partial charge in [-0.25, -0.2) is 13.0 Å². The van der Waals surface area contributed by atoms with E-state index in [1.54, 1.807) is 23.1 Å². The lowest BCUT2D eigenvalue weighted by Gasteiger charge is -2.21. The maximum Gasteiger partial charge on any atom is 0.265 e. The number of hydrogen-bond donors (Lipinski definition) is 1. The van der Waals surface area contributed by atoms with Gasteiger partial charge in [0.05, 0.1) is 76.8 Å². The first-order chi connectivity index (χ1) is 31.2. The second-order valence-corrected chi connectivity index (χ2v) is 20.9. The summed E-state index contributed by atoms with van der Waals surface area (Å²) in [7, 11) is -2.18. The molecular formula is C48H57N6O6S4+. The van der Waals surface area contributed by atoms with Crippen LogP contribution < -0.4 is 14.8 Å². The Labute approximate surface area is 389 Å². The number of thiazole rings is 1. The molecule has 4 heterocycles. The van der Waals surface area contributed by atoms with Crippen LogP contribution in [0, 0.1) is 0 Å². The van der Waals surface area contributed by atoms with Gasteiger partial charge in [-0.05, 0) is 54.2 Å². The SMILES string of the molecule is CN1CC[N+](=CC=C2SCCN2CCCC(=O)NCCOCCOCCN2C(=Cc3sc4ccc5ccccc5c4[n+]3CCCS(=O)(=O)[O-])Sc3ccc(-c4ccccc4)cc32)CC1. The lowest BCUT2D eigenvalue weighted by molar-refractivity contribution is -0.667. The second kappa shape index (κ2) is 22.3. The van der Waals surface area contributed by atoms with Gasteiger partial charge in [0.25, 0.3) is 5.01 Å². The number of carbonyl (C=O) groups excluding carboxylic acids is 1. The first-order valence-corrected chi connectivity index (χ1v) is 26.3. The number of thioether (sulfide) groups is 2. The number of piperazine rings is 1. The van der Waals surface area contributed by atoms with Crippen LogP contribution in [0.15, 0.2) is 106 Å². The minimum atomic E-state index is -4.35. The van der Waals surface area contributed by atoms with E-state index in [0.29, 0.717) is 52.5 Å². The summed E-state index contributed by atoms with van der Waals surface area (Å²) in [5.41, 5.74) is 4.39. The first-order valence-electron chi connectivity index (χ1n) is 22.1. The predicted octanol–water partition coefficient (Wildman–Crippen LogP) is 6.70. The van der Waals surface area contributed by atoms with Gasteiger partial charge in [-0.2, -0.15) is 4.57 Å². The van der Waals surface area contributed by atoms with Crippen molar-refractivity contribution < 1.29 is 36.4 Å². The van der Waals surface area contributed by atoms with Crippen LogP contribution in [-0.4, -0.2) is 137 Å². The molecule has 16 heteroatoms. The quantitative estimate of drug-likeness (QED) is 0.0510. The van der Waals surface area contributed by atoms with Crippen LogP contribution in [0.1, 0.15) is 24.3 Å². The highest BCUT2D eigenvalue weighted by Gasteiger charge is 2.29. The van der Waals surface area contributed by atoms with Crippen molar-refractivity contribution in [2.45, 2.75) is 30.7 Å². The van der Waals surface area contributed by atoms with E-state index in [4.69, 9.17) is 9.47 Å². The molecule has 5 aromatic rings. The maximum absolute atomic E-state index is 12.6. The van der Waals surface area contributed by atoms with Gasteiger partial charge in [0.15, 0.2) is 25.8 Å². The summed E-state index contributed by atoms with van der Waals surface area (Å²) in [6, 6.07) is 29.3. The normalized spacial score (nSPS) is 17.1. The number of ether oxygens (including phenoxy) is 2. The largest absolute Gasteiger partial charge is 0.748 e. The Morgan fingerprint density at radius 3 is 2.50 bits per heavy atom. The average molecular weight is 942 g/mol. The summed E-state index contributed by atoms with van der Waals surface area (Å²) < 4.78 is 52.5. The van der Waals surface area contributed by atoms with Gasteiger partial charge in [0.2, 0.25) is 11.4 Å². The molecule has 0 saturated carbocycles. The molecule has 0 aliphatic carbocycles. The van der Waals surface area contributed by atoms with Crippen molar-refractivity contribution >= 4 is 89.9 Å². The molecule has 0 unspecified atom stereocenters. The zero-order valence-corrected chi connectivity index (χ0v) is 39.6. The molecule has 3 aliphatic heterocycles. The molecule has 338 valence electrons. The molecule has 64 heavy (non-hydrogen) atoms. The van der Waals surface area contributed by atoms with E-state index in [9.17, 15) is 17.8 Å². The number of allylic oxidation sites excluding steroid dienone is 1. The maximum atomic E-state index is 12.6. The van der Waals surface area contributed by atoms with Crippen molar-refractivity contribution in [2.24, 2.45) is 0 Å². The third kappa shape index (κ3) is 12.3. The standard InChI is InChI=1S/C48H56N6O6S4/c1-50-23-25-51(26-24-50)22-18-45-52(28-33-61-45)20-7-13-44(55)49-19-29-59-31-32-60-30-27-53-41-35-39(37-9-3-2-4-10-37)15-16-42(41)62-46(53)36-47-54(21-8-34-64(56,57)58)48-40-12-6-5-11-38(40)14-17-43(48)63-47/h2-6,9-12,14-18,22,35-36H,7-8,13,19-21,23-34H2,1H3/p+1. The number of fused-ring (bicyclic) bond motifs is 4. The van der Waals surface area contributed by atoms with Gasteiger partial charge in [-0.15, -0.1) is 11.8 Å². The average Bonchev–Trinajstić information content (AvgIpc) is 4.00. The fraction of sp³-hybridized carbons (Fsp3) is 0.396. The third-order valence-corrected chi connectivity index (χ3v) is 15.7. The summed E-state index contributed by atoms with van der Waals surface area (Å²) in [5, 5.41) is 8.50. The number of benzene rings is 4. The Kier molecular flexibility index (Phi) is 16.1. The van der Waals surface area contributed by atoms with Gasteiger partial charge in [0.1, 0.15) is 4.70 Å². The summed E-state index contributed by atoms with van der Waals surface area (Å²) in [6.07, 6.45) is 8.19. The van der Waals surface area contributed by atoms with Crippen LogP contribution >= 0.6 is 34.9 Å². The highest BCUT2D eigenvalue weighted by molar-refractivity contribution is 8.04. The number of nitrogens with one attached hydrogen (secondary N) is 1.